The number of benzene rings is 2. The minimum Gasteiger partial charge on any atom is -0.494 e. The van der Waals surface area contributed by atoms with E-state index < -0.39 is 0 Å². The molecule has 0 saturated heterocycles. The lowest BCUT2D eigenvalue weighted by Crippen LogP contribution is -2.24. The largest absolute Gasteiger partial charge is 0.494 e. The highest BCUT2D eigenvalue weighted by Gasteiger charge is 2.19. The van der Waals surface area contributed by atoms with Gasteiger partial charge < -0.3 is 10.1 Å². The summed E-state index contributed by atoms with van der Waals surface area (Å²) in [6.07, 6.45) is 0.988. The van der Waals surface area contributed by atoms with Gasteiger partial charge in [0.15, 0.2) is 5.69 Å². The van der Waals surface area contributed by atoms with Crippen molar-refractivity contribution in [2.24, 2.45) is 0 Å². The number of aromatic nitrogens is 3. The second kappa shape index (κ2) is 8.22. The first-order chi connectivity index (χ1) is 13.0. The Bertz CT molecular complexity index is 951. The van der Waals surface area contributed by atoms with E-state index in [0.717, 1.165) is 12.0 Å². The first-order valence-electron chi connectivity index (χ1n) is 8.65. The fourth-order valence-corrected chi connectivity index (χ4v) is 2.92. The van der Waals surface area contributed by atoms with Gasteiger partial charge in [-0.05, 0) is 42.7 Å². The molecule has 1 amide bonds. The van der Waals surface area contributed by atoms with Crippen LogP contribution >= 0.6 is 11.6 Å². The summed E-state index contributed by atoms with van der Waals surface area (Å²) in [5, 5.41) is 11.6. The Morgan fingerprint density at radius 3 is 2.56 bits per heavy atom. The van der Waals surface area contributed by atoms with Gasteiger partial charge in [-0.2, -0.15) is 0 Å². The van der Waals surface area contributed by atoms with Gasteiger partial charge in [0.25, 0.3) is 5.91 Å². The third-order valence-electron chi connectivity index (χ3n) is 4.36. The third kappa shape index (κ3) is 4.11. The number of amides is 1. The number of methoxy groups -OCH3 is 1. The Morgan fingerprint density at radius 2 is 1.89 bits per heavy atom. The van der Waals surface area contributed by atoms with Gasteiger partial charge in [-0.3, -0.25) is 4.79 Å². The van der Waals surface area contributed by atoms with Crippen molar-refractivity contribution >= 4 is 17.5 Å². The lowest BCUT2D eigenvalue weighted by molar-refractivity contribution is 0.0945. The summed E-state index contributed by atoms with van der Waals surface area (Å²) in [4.78, 5) is 12.5. The van der Waals surface area contributed by atoms with Crippen molar-refractivity contribution in [2.45, 2.75) is 26.8 Å². The van der Waals surface area contributed by atoms with E-state index in [9.17, 15) is 4.79 Å². The molecule has 0 spiro atoms. The van der Waals surface area contributed by atoms with E-state index in [1.807, 2.05) is 12.1 Å². The lowest BCUT2D eigenvalue weighted by Gasteiger charge is -2.10. The molecule has 27 heavy (non-hydrogen) atoms. The van der Waals surface area contributed by atoms with Gasteiger partial charge in [-0.25, -0.2) is 4.68 Å². The van der Waals surface area contributed by atoms with E-state index in [0.29, 0.717) is 28.7 Å². The Morgan fingerprint density at radius 1 is 1.19 bits per heavy atom. The van der Waals surface area contributed by atoms with Crippen LogP contribution in [0.2, 0.25) is 5.02 Å². The molecular formula is C20H21ClN4O2. The molecule has 140 valence electrons. The van der Waals surface area contributed by atoms with E-state index in [2.05, 4.69) is 34.7 Å². The van der Waals surface area contributed by atoms with E-state index in [1.165, 1.54) is 5.56 Å². The maximum absolute atomic E-state index is 12.5. The van der Waals surface area contributed by atoms with Crippen molar-refractivity contribution in [3.8, 4) is 11.4 Å². The van der Waals surface area contributed by atoms with Crippen LogP contribution in [0.3, 0.4) is 0 Å². The van der Waals surface area contributed by atoms with Crippen molar-refractivity contribution in [1.29, 1.82) is 0 Å². The van der Waals surface area contributed by atoms with Gasteiger partial charge in [-0.1, -0.05) is 48.0 Å². The van der Waals surface area contributed by atoms with Crippen LogP contribution in [-0.2, 0) is 13.0 Å². The van der Waals surface area contributed by atoms with Crippen molar-refractivity contribution in [3.63, 3.8) is 0 Å². The summed E-state index contributed by atoms with van der Waals surface area (Å²) in [5.41, 5.74) is 3.79. The highest BCUT2D eigenvalue weighted by atomic mass is 35.5. The number of carbonyl (C=O) groups is 1. The van der Waals surface area contributed by atoms with Crippen LogP contribution in [0.25, 0.3) is 5.69 Å². The molecule has 3 aromatic rings. The number of nitrogens with one attached hydrogen (secondary N) is 1. The quantitative estimate of drug-likeness (QED) is 0.703. The Labute approximate surface area is 163 Å². The average Bonchev–Trinajstić information content (AvgIpc) is 3.07. The number of ether oxygens (including phenoxy) is 1. The first-order valence-corrected chi connectivity index (χ1v) is 9.03. The second-order valence-corrected chi connectivity index (χ2v) is 6.54. The van der Waals surface area contributed by atoms with Crippen LogP contribution < -0.4 is 10.1 Å². The van der Waals surface area contributed by atoms with Crippen LogP contribution in [0, 0.1) is 6.92 Å². The zero-order valence-corrected chi connectivity index (χ0v) is 16.2. The van der Waals surface area contributed by atoms with Gasteiger partial charge in [0.05, 0.1) is 12.8 Å². The SMILES string of the molecule is CCc1ccc(CNC(=O)c2nnn(-c3cc(Cl)ccc3OC)c2C)cc1. The molecule has 0 aliphatic carbocycles. The molecule has 0 saturated carbocycles. The maximum atomic E-state index is 12.5. The molecule has 0 aliphatic heterocycles. The Kier molecular flexibility index (Phi) is 5.76. The maximum Gasteiger partial charge on any atom is 0.274 e. The molecule has 0 atom stereocenters. The van der Waals surface area contributed by atoms with Crippen LogP contribution in [0.4, 0.5) is 0 Å². The standard InChI is InChI=1S/C20H21ClN4O2/c1-4-14-5-7-15(8-6-14)12-22-20(26)19-13(2)25(24-23-19)17-11-16(21)9-10-18(17)27-3/h5-11H,4,12H2,1-3H3,(H,22,26). The summed E-state index contributed by atoms with van der Waals surface area (Å²) in [5.74, 6) is 0.315. The monoisotopic (exact) mass is 384 g/mol. The molecule has 0 radical (unpaired) electrons. The van der Waals surface area contributed by atoms with Crippen molar-refractivity contribution in [3.05, 3.63) is 70.0 Å². The molecule has 7 heteroatoms. The number of nitrogens with zero attached hydrogens (tertiary/aromatic N) is 3. The van der Waals surface area contributed by atoms with Crippen molar-refractivity contribution in [2.75, 3.05) is 7.11 Å². The fourth-order valence-electron chi connectivity index (χ4n) is 2.76. The zero-order chi connectivity index (χ0) is 19.4. The summed E-state index contributed by atoms with van der Waals surface area (Å²) in [6.45, 7) is 4.32. The van der Waals surface area contributed by atoms with E-state index in [4.69, 9.17) is 16.3 Å². The van der Waals surface area contributed by atoms with Gasteiger partial charge in [0, 0.05) is 11.6 Å². The van der Waals surface area contributed by atoms with Gasteiger partial charge in [-0.15, -0.1) is 5.10 Å². The molecule has 1 aromatic heterocycles. The predicted molar refractivity (Wildman–Crippen MR) is 105 cm³/mol. The Balaban J connectivity index is 1.78. The topological polar surface area (TPSA) is 69.0 Å². The molecule has 0 unspecified atom stereocenters. The smallest absolute Gasteiger partial charge is 0.274 e. The Hall–Kier alpha value is -2.86. The van der Waals surface area contributed by atoms with Crippen LogP contribution in [0.1, 0.15) is 34.2 Å². The first kappa shape index (κ1) is 18.9. The molecule has 1 heterocycles. The fraction of sp³-hybridized carbons (Fsp3) is 0.250. The normalized spacial score (nSPS) is 10.7. The van der Waals surface area contributed by atoms with E-state index in [-0.39, 0.29) is 11.6 Å². The molecule has 0 bridgehead atoms. The highest BCUT2D eigenvalue weighted by molar-refractivity contribution is 6.30. The minimum atomic E-state index is -0.278. The summed E-state index contributed by atoms with van der Waals surface area (Å²) >= 11 is 6.09. The van der Waals surface area contributed by atoms with Crippen LogP contribution in [0.15, 0.2) is 42.5 Å². The molecule has 3 rings (SSSR count). The molecular weight excluding hydrogens is 364 g/mol. The van der Waals surface area contributed by atoms with Gasteiger partial charge in [0.2, 0.25) is 0 Å². The van der Waals surface area contributed by atoms with E-state index in [1.54, 1.807) is 36.9 Å². The molecule has 0 fully saturated rings. The average molecular weight is 385 g/mol. The number of rotatable bonds is 6. The molecule has 1 N–H and O–H groups in total. The zero-order valence-electron chi connectivity index (χ0n) is 15.5. The lowest BCUT2D eigenvalue weighted by atomic mass is 10.1. The highest BCUT2D eigenvalue weighted by Crippen LogP contribution is 2.27. The number of carbonyl (C=O) groups excluding carboxylic acids is 1. The predicted octanol–water partition coefficient (Wildman–Crippen LogP) is 3.73. The summed E-state index contributed by atoms with van der Waals surface area (Å²) < 4.78 is 6.91. The number of aryl methyl sites for hydroxylation is 1. The van der Waals surface area contributed by atoms with Crippen molar-refractivity contribution in [1.82, 2.24) is 20.3 Å². The van der Waals surface area contributed by atoms with E-state index >= 15 is 0 Å². The van der Waals surface area contributed by atoms with Gasteiger partial charge in [0.1, 0.15) is 11.4 Å². The molecule has 6 nitrogen and oxygen atoms in total. The molecule has 0 aliphatic rings. The number of hydrogen-bond acceptors (Lipinski definition) is 4. The summed E-state index contributed by atoms with van der Waals surface area (Å²) in [6, 6.07) is 13.4. The second-order valence-electron chi connectivity index (χ2n) is 6.10. The third-order valence-corrected chi connectivity index (χ3v) is 4.60. The number of halogens is 1. The van der Waals surface area contributed by atoms with Crippen molar-refractivity contribution < 1.29 is 9.53 Å². The molecule has 2 aromatic carbocycles. The summed E-state index contributed by atoms with van der Waals surface area (Å²) in [7, 11) is 1.57. The minimum absolute atomic E-state index is 0.266. The van der Waals surface area contributed by atoms with Gasteiger partial charge >= 0.3 is 0 Å². The van der Waals surface area contributed by atoms with Crippen LogP contribution in [0.5, 0.6) is 5.75 Å². The number of hydrogen-bond donors (Lipinski definition) is 1. The van der Waals surface area contributed by atoms with Crippen LogP contribution in [-0.4, -0.2) is 28.0 Å².